The van der Waals surface area contributed by atoms with Gasteiger partial charge in [0, 0.05) is 4.88 Å². The third-order valence-electron chi connectivity index (χ3n) is 1.38. The largest absolute Gasteiger partial charge is 0.486 e. The minimum atomic E-state index is -2.60. The summed E-state index contributed by atoms with van der Waals surface area (Å²) in [5, 5.41) is 8.69. The number of halogens is 2. The number of rotatable bonds is 4. The van der Waals surface area contributed by atoms with Crippen LogP contribution in [0.2, 0.25) is 0 Å². The Kier molecular flexibility index (Phi) is 3.40. The van der Waals surface area contributed by atoms with Crippen molar-refractivity contribution in [1.82, 2.24) is 0 Å². The molecule has 78 valence electrons. The number of carboxylic acids is 1. The van der Waals surface area contributed by atoms with Gasteiger partial charge in [0.25, 0.3) is 6.43 Å². The van der Waals surface area contributed by atoms with Crippen molar-refractivity contribution in [1.29, 1.82) is 0 Å². The van der Waals surface area contributed by atoms with Gasteiger partial charge in [-0.3, -0.25) is 0 Å². The summed E-state index contributed by atoms with van der Waals surface area (Å²) in [7, 11) is 0. The van der Waals surface area contributed by atoms with E-state index in [0.29, 0.717) is 4.88 Å². The van der Waals surface area contributed by atoms with Gasteiger partial charge in [-0.2, -0.15) is 0 Å². The van der Waals surface area contributed by atoms with Crippen LogP contribution in [0, 0.1) is 6.92 Å². The first-order chi connectivity index (χ1) is 6.50. The van der Waals surface area contributed by atoms with Crippen LogP contribution in [0.15, 0.2) is 6.07 Å². The molecular formula is C8H8F2O3S. The van der Waals surface area contributed by atoms with Crippen molar-refractivity contribution in [2.45, 2.75) is 13.3 Å². The fourth-order valence-corrected chi connectivity index (χ4v) is 1.69. The molecule has 1 N–H and O–H groups in total. The van der Waals surface area contributed by atoms with Crippen molar-refractivity contribution in [3.63, 3.8) is 0 Å². The first kappa shape index (κ1) is 10.9. The summed E-state index contributed by atoms with van der Waals surface area (Å²) in [6, 6.07) is 1.44. The van der Waals surface area contributed by atoms with E-state index in [1.807, 2.05) is 0 Å². The van der Waals surface area contributed by atoms with E-state index in [0.717, 1.165) is 11.3 Å². The van der Waals surface area contributed by atoms with Crippen LogP contribution >= 0.6 is 11.3 Å². The zero-order valence-corrected chi connectivity index (χ0v) is 8.11. The van der Waals surface area contributed by atoms with Crippen LogP contribution in [0.25, 0.3) is 0 Å². The highest BCUT2D eigenvalue weighted by Gasteiger charge is 2.16. The number of ether oxygens (including phenoxy) is 1. The van der Waals surface area contributed by atoms with Gasteiger partial charge in [-0.1, -0.05) is 0 Å². The molecule has 0 aliphatic rings. The number of hydrogen-bond acceptors (Lipinski definition) is 3. The van der Waals surface area contributed by atoms with Crippen molar-refractivity contribution in [2.24, 2.45) is 0 Å². The Balaban J connectivity index is 2.79. The molecule has 1 aromatic rings. The lowest BCUT2D eigenvalue weighted by Crippen LogP contribution is -2.08. The zero-order chi connectivity index (χ0) is 10.7. The molecule has 0 saturated heterocycles. The molecule has 0 radical (unpaired) electrons. The average molecular weight is 222 g/mol. The molecule has 0 fully saturated rings. The van der Waals surface area contributed by atoms with E-state index in [9.17, 15) is 13.6 Å². The van der Waals surface area contributed by atoms with E-state index in [4.69, 9.17) is 5.11 Å². The van der Waals surface area contributed by atoms with E-state index in [-0.39, 0.29) is 10.6 Å². The predicted molar refractivity (Wildman–Crippen MR) is 47.5 cm³/mol. The summed E-state index contributed by atoms with van der Waals surface area (Å²) in [5.74, 6) is -1.15. The minimum Gasteiger partial charge on any atom is -0.486 e. The number of alkyl halides is 2. The maximum Gasteiger partial charge on any atom is 0.349 e. The third kappa shape index (κ3) is 2.66. The molecular weight excluding hydrogens is 214 g/mol. The van der Waals surface area contributed by atoms with Crippen LogP contribution in [0.1, 0.15) is 14.5 Å². The molecule has 14 heavy (non-hydrogen) atoms. The van der Waals surface area contributed by atoms with Crippen LogP contribution < -0.4 is 4.74 Å². The van der Waals surface area contributed by atoms with Gasteiger partial charge in [-0.15, -0.1) is 11.3 Å². The molecule has 1 rings (SSSR count). The van der Waals surface area contributed by atoms with Gasteiger partial charge in [0.2, 0.25) is 0 Å². The quantitative estimate of drug-likeness (QED) is 0.850. The van der Waals surface area contributed by atoms with E-state index < -0.39 is 19.0 Å². The standard InChI is InChI=1S/C8H8F2O3S/c1-4-2-5(13-3-6(9)10)7(14-4)8(11)12/h2,6H,3H2,1H3,(H,11,12). The van der Waals surface area contributed by atoms with Crippen LogP contribution in [0.3, 0.4) is 0 Å². The highest BCUT2D eigenvalue weighted by Crippen LogP contribution is 2.28. The summed E-state index contributed by atoms with van der Waals surface area (Å²) in [6.45, 7) is 0.906. The highest BCUT2D eigenvalue weighted by molar-refractivity contribution is 7.14. The number of thiophene rings is 1. The summed E-state index contributed by atoms with van der Waals surface area (Å²) in [6.07, 6.45) is -2.60. The molecule has 0 amide bonds. The number of hydrogen-bond donors (Lipinski definition) is 1. The Morgan fingerprint density at radius 1 is 1.71 bits per heavy atom. The molecule has 0 saturated carbocycles. The first-order valence-electron chi connectivity index (χ1n) is 3.75. The number of aryl methyl sites for hydroxylation is 1. The van der Waals surface area contributed by atoms with Crippen LogP contribution in [-0.2, 0) is 0 Å². The first-order valence-corrected chi connectivity index (χ1v) is 4.57. The van der Waals surface area contributed by atoms with Gasteiger partial charge in [-0.25, -0.2) is 13.6 Å². The van der Waals surface area contributed by atoms with Crippen LogP contribution in [-0.4, -0.2) is 24.1 Å². The lowest BCUT2D eigenvalue weighted by atomic mass is 10.4. The van der Waals surface area contributed by atoms with Crippen molar-refractivity contribution in [3.05, 3.63) is 15.8 Å². The Bertz CT molecular complexity index is 335. The fourth-order valence-electron chi connectivity index (χ4n) is 0.900. The Morgan fingerprint density at radius 2 is 2.36 bits per heavy atom. The fraction of sp³-hybridized carbons (Fsp3) is 0.375. The molecule has 0 aliphatic carbocycles. The van der Waals surface area contributed by atoms with E-state index >= 15 is 0 Å². The Labute approximate surface area is 82.9 Å². The van der Waals surface area contributed by atoms with Gasteiger partial charge in [-0.05, 0) is 13.0 Å². The second kappa shape index (κ2) is 4.36. The highest BCUT2D eigenvalue weighted by atomic mass is 32.1. The predicted octanol–water partition coefficient (Wildman–Crippen LogP) is 2.40. The minimum absolute atomic E-state index is 0.0142. The smallest absolute Gasteiger partial charge is 0.349 e. The zero-order valence-electron chi connectivity index (χ0n) is 7.29. The van der Waals surface area contributed by atoms with Crippen LogP contribution in [0.5, 0.6) is 5.75 Å². The SMILES string of the molecule is Cc1cc(OCC(F)F)c(C(=O)O)s1. The van der Waals surface area contributed by atoms with Gasteiger partial charge < -0.3 is 9.84 Å². The van der Waals surface area contributed by atoms with Gasteiger partial charge in [0.1, 0.15) is 12.4 Å². The molecule has 0 atom stereocenters. The molecule has 1 heterocycles. The summed E-state index contributed by atoms with van der Waals surface area (Å²) >= 11 is 1.00. The lowest BCUT2D eigenvalue weighted by molar-refractivity contribution is 0.0671. The summed E-state index contributed by atoms with van der Waals surface area (Å²) < 4.78 is 28.2. The van der Waals surface area contributed by atoms with Crippen LogP contribution in [0.4, 0.5) is 8.78 Å². The topological polar surface area (TPSA) is 46.5 Å². The average Bonchev–Trinajstić information content (AvgIpc) is 2.43. The van der Waals surface area contributed by atoms with Gasteiger partial charge in [0.05, 0.1) is 0 Å². The maximum absolute atomic E-state index is 11.8. The second-order valence-corrected chi connectivity index (χ2v) is 3.81. The normalized spacial score (nSPS) is 10.6. The molecule has 6 heteroatoms. The summed E-state index contributed by atoms with van der Waals surface area (Å²) in [5.41, 5.74) is 0. The van der Waals surface area contributed by atoms with Gasteiger partial charge in [0.15, 0.2) is 4.88 Å². The van der Waals surface area contributed by atoms with E-state index in [2.05, 4.69) is 4.74 Å². The van der Waals surface area contributed by atoms with Crippen molar-refractivity contribution < 1.29 is 23.4 Å². The monoisotopic (exact) mass is 222 g/mol. The maximum atomic E-state index is 11.8. The number of aromatic carboxylic acids is 1. The second-order valence-electron chi connectivity index (χ2n) is 2.56. The lowest BCUT2D eigenvalue weighted by Gasteiger charge is -2.03. The molecule has 0 bridgehead atoms. The molecule has 0 spiro atoms. The molecule has 0 aromatic carbocycles. The van der Waals surface area contributed by atoms with Gasteiger partial charge >= 0.3 is 5.97 Å². The molecule has 0 aliphatic heterocycles. The van der Waals surface area contributed by atoms with Crippen molar-refractivity contribution in [2.75, 3.05) is 6.61 Å². The number of carboxylic acid groups (broad SMARTS) is 1. The summed E-state index contributed by atoms with van der Waals surface area (Å²) in [4.78, 5) is 11.3. The molecule has 3 nitrogen and oxygen atoms in total. The number of carbonyl (C=O) groups is 1. The Hall–Kier alpha value is -1.17. The van der Waals surface area contributed by atoms with Crippen molar-refractivity contribution in [3.8, 4) is 5.75 Å². The Morgan fingerprint density at radius 3 is 2.86 bits per heavy atom. The van der Waals surface area contributed by atoms with E-state index in [1.54, 1.807) is 6.92 Å². The third-order valence-corrected chi connectivity index (χ3v) is 2.40. The molecule has 0 unspecified atom stereocenters. The van der Waals surface area contributed by atoms with Crippen molar-refractivity contribution >= 4 is 17.3 Å². The van der Waals surface area contributed by atoms with E-state index in [1.165, 1.54) is 6.07 Å². The molecule has 1 aromatic heterocycles.